The molecule has 21 heavy (non-hydrogen) atoms. The van der Waals surface area contributed by atoms with Gasteiger partial charge in [0.1, 0.15) is 0 Å². The predicted octanol–water partition coefficient (Wildman–Crippen LogP) is 1.50. The third-order valence-electron chi connectivity index (χ3n) is 4.50. The largest absolute Gasteiger partial charge is 0.390 e. The Balaban J connectivity index is 1.64. The van der Waals surface area contributed by atoms with Crippen molar-refractivity contribution >= 4 is 22.6 Å². The van der Waals surface area contributed by atoms with Crippen LogP contribution in [0.4, 0.5) is 11.1 Å². The first-order chi connectivity index (χ1) is 9.89. The van der Waals surface area contributed by atoms with Gasteiger partial charge in [0.2, 0.25) is 11.1 Å². The number of rotatable bonds is 2. The Morgan fingerprint density at radius 3 is 2.57 bits per heavy atom. The van der Waals surface area contributed by atoms with Crippen LogP contribution in [0.5, 0.6) is 0 Å². The molecule has 1 atom stereocenters. The summed E-state index contributed by atoms with van der Waals surface area (Å²) in [5.41, 5.74) is -0.728. The molecule has 118 valence electrons. The van der Waals surface area contributed by atoms with E-state index in [0.29, 0.717) is 6.61 Å². The zero-order valence-electron chi connectivity index (χ0n) is 13.0. The van der Waals surface area contributed by atoms with Gasteiger partial charge in [-0.25, -0.2) is 0 Å². The van der Waals surface area contributed by atoms with Crippen LogP contribution in [0.25, 0.3) is 0 Å². The van der Waals surface area contributed by atoms with Crippen molar-refractivity contribution in [3.8, 4) is 0 Å². The molecule has 2 fully saturated rings. The first kappa shape index (κ1) is 15.0. The second-order valence-electron chi connectivity index (χ2n) is 6.71. The van der Waals surface area contributed by atoms with Crippen LogP contribution in [0.1, 0.15) is 32.6 Å². The Kier molecular flexibility index (Phi) is 3.83. The SMILES string of the molecule is CN(C)c1nsc(N2CCC3(CC2)CC(C)(O)CCO3)n1. The minimum Gasteiger partial charge on any atom is -0.390 e. The standard InChI is InChI=1S/C14H24N4O2S/c1-13(19)6-9-20-14(10-13)4-7-18(8-5-14)12-15-11(16-21-12)17(2)3/h19H,4-10H2,1-3H3. The van der Waals surface area contributed by atoms with E-state index in [4.69, 9.17) is 4.74 Å². The number of piperidine rings is 1. The minimum atomic E-state index is -0.582. The lowest BCUT2D eigenvalue weighted by atomic mass is 9.78. The fourth-order valence-corrected chi connectivity index (χ4v) is 4.05. The maximum Gasteiger partial charge on any atom is 0.238 e. The van der Waals surface area contributed by atoms with Gasteiger partial charge >= 0.3 is 0 Å². The lowest BCUT2D eigenvalue weighted by molar-refractivity contribution is -0.162. The Morgan fingerprint density at radius 1 is 1.29 bits per heavy atom. The molecule has 2 saturated heterocycles. The molecule has 1 aromatic heterocycles. The molecule has 0 aliphatic carbocycles. The van der Waals surface area contributed by atoms with Crippen LogP contribution in [0, 0.1) is 0 Å². The molecular weight excluding hydrogens is 288 g/mol. The fourth-order valence-electron chi connectivity index (χ4n) is 3.27. The highest BCUT2D eigenvalue weighted by Gasteiger charge is 2.44. The van der Waals surface area contributed by atoms with Crippen molar-refractivity contribution in [1.82, 2.24) is 9.36 Å². The summed E-state index contributed by atoms with van der Waals surface area (Å²) in [5.74, 6) is 0.770. The summed E-state index contributed by atoms with van der Waals surface area (Å²) in [4.78, 5) is 8.77. The molecule has 3 rings (SSSR count). The quantitative estimate of drug-likeness (QED) is 0.893. The number of hydrogen-bond acceptors (Lipinski definition) is 7. The van der Waals surface area contributed by atoms with E-state index < -0.39 is 5.60 Å². The third-order valence-corrected chi connectivity index (χ3v) is 5.27. The van der Waals surface area contributed by atoms with E-state index in [1.165, 1.54) is 11.5 Å². The molecular formula is C14H24N4O2S. The molecule has 6 nitrogen and oxygen atoms in total. The lowest BCUT2D eigenvalue weighted by Gasteiger charge is -2.48. The Morgan fingerprint density at radius 2 is 2.00 bits per heavy atom. The molecule has 3 heterocycles. The number of hydrogen-bond donors (Lipinski definition) is 1. The zero-order chi connectivity index (χ0) is 15.1. The minimum absolute atomic E-state index is 0.146. The molecule has 0 bridgehead atoms. The smallest absolute Gasteiger partial charge is 0.238 e. The Bertz CT molecular complexity index is 495. The average Bonchev–Trinajstić information content (AvgIpc) is 2.88. The first-order valence-electron chi connectivity index (χ1n) is 7.52. The summed E-state index contributed by atoms with van der Waals surface area (Å²) in [6.07, 6.45) is 3.37. The van der Waals surface area contributed by atoms with Gasteiger partial charge in [-0.15, -0.1) is 0 Å². The molecule has 1 spiro atoms. The summed E-state index contributed by atoms with van der Waals surface area (Å²) in [5, 5.41) is 11.3. The molecule has 0 saturated carbocycles. The number of ether oxygens (including phenoxy) is 1. The van der Waals surface area contributed by atoms with Gasteiger partial charge in [-0.2, -0.15) is 9.36 Å². The number of aromatic nitrogens is 2. The van der Waals surface area contributed by atoms with E-state index in [9.17, 15) is 5.11 Å². The third kappa shape index (κ3) is 3.14. The van der Waals surface area contributed by atoms with Gasteiger partial charge < -0.3 is 19.6 Å². The number of nitrogens with zero attached hydrogens (tertiary/aromatic N) is 4. The highest BCUT2D eigenvalue weighted by molar-refractivity contribution is 7.09. The van der Waals surface area contributed by atoms with Crippen LogP contribution in [-0.2, 0) is 4.74 Å². The van der Waals surface area contributed by atoms with Gasteiger partial charge in [0.05, 0.1) is 17.8 Å². The van der Waals surface area contributed by atoms with Crippen LogP contribution in [0.15, 0.2) is 0 Å². The average molecular weight is 312 g/mol. The molecule has 0 aromatic carbocycles. The second-order valence-corrected chi connectivity index (χ2v) is 7.44. The summed E-state index contributed by atoms with van der Waals surface area (Å²) in [7, 11) is 3.91. The van der Waals surface area contributed by atoms with Crippen molar-refractivity contribution < 1.29 is 9.84 Å². The summed E-state index contributed by atoms with van der Waals surface area (Å²) in [6.45, 7) is 4.42. The maximum atomic E-state index is 10.3. The fraction of sp³-hybridized carbons (Fsp3) is 0.857. The van der Waals surface area contributed by atoms with E-state index in [-0.39, 0.29) is 5.60 Å². The predicted molar refractivity (Wildman–Crippen MR) is 84.2 cm³/mol. The van der Waals surface area contributed by atoms with Crippen LogP contribution in [0.2, 0.25) is 0 Å². The summed E-state index contributed by atoms with van der Waals surface area (Å²) in [6, 6.07) is 0. The van der Waals surface area contributed by atoms with E-state index >= 15 is 0 Å². The summed E-state index contributed by atoms with van der Waals surface area (Å²) >= 11 is 1.45. The maximum absolute atomic E-state index is 10.3. The Hall–Kier alpha value is -0.920. The molecule has 1 unspecified atom stereocenters. The van der Waals surface area contributed by atoms with Gasteiger partial charge in [-0.05, 0) is 26.2 Å². The van der Waals surface area contributed by atoms with Gasteiger partial charge in [-0.1, -0.05) is 0 Å². The van der Waals surface area contributed by atoms with Crippen LogP contribution < -0.4 is 9.80 Å². The molecule has 1 aromatic rings. The first-order valence-corrected chi connectivity index (χ1v) is 8.29. The molecule has 1 N–H and O–H groups in total. The van der Waals surface area contributed by atoms with E-state index in [0.717, 1.165) is 49.9 Å². The second kappa shape index (κ2) is 5.37. The topological polar surface area (TPSA) is 61.7 Å². The number of aliphatic hydroxyl groups is 1. The molecule has 0 amide bonds. The van der Waals surface area contributed by atoms with Crippen LogP contribution >= 0.6 is 11.5 Å². The lowest BCUT2D eigenvalue weighted by Crippen LogP contribution is -2.53. The van der Waals surface area contributed by atoms with Crippen LogP contribution in [-0.4, -0.2) is 59.5 Å². The van der Waals surface area contributed by atoms with E-state index in [2.05, 4.69) is 14.3 Å². The molecule has 7 heteroatoms. The van der Waals surface area contributed by atoms with E-state index in [1.807, 2.05) is 25.9 Å². The van der Waals surface area contributed by atoms with Crippen molar-refractivity contribution in [2.24, 2.45) is 0 Å². The van der Waals surface area contributed by atoms with Crippen molar-refractivity contribution in [2.45, 2.75) is 43.8 Å². The van der Waals surface area contributed by atoms with Crippen molar-refractivity contribution in [3.05, 3.63) is 0 Å². The molecule has 2 aliphatic rings. The Labute approximate surface area is 129 Å². The number of anilines is 2. The molecule has 2 aliphatic heterocycles. The van der Waals surface area contributed by atoms with Gasteiger partial charge in [0.15, 0.2) is 0 Å². The highest BCUT2D eigenvalue weighted by atomic mass is 32.1. The van der Waals surface area contributed by atoms with E-state index in [1.54, 1.807) is 0 Å². The summed E-state index contributed by atoms with van der Waals surface area (Å²) < 4.78 is 10.4. The monoisotopic (exact) mass is 312 g/mol. The van der Waals surface area contributed by atoms with Gasteiger partial charge in [0, 0.05) is 45.1 Å². The van der Waals surface area contributed by atoms with Crippen molar-refractivity contribution in [3.63, 3.8) is 0 Å². The van der Waals surface area contributed by atoms with Crippen molar-refractivity contribution in [1.29, 1.82) is 0 Å². The highest BCUT2D eigenvalue weighted by Crippen LogP contribution is 2.40. The van der Waals surface area contributed by atoms with Crippen LogP contribution in [0.3, 0.4) is 0 Å². The van der Waals surface area contributed by atoms with Gasteiger partial charge in [0.25, 0.3) is 0 Å². The zero-order valence-corrected chi connectivity index (χ0v) is 13.8. The van der Waals surface area contributed by atoms with Crippen molar-refractivity contribution in [2.75, 3.05) is 43.6 Å². The van der Waals surface area contributed by atoms with Gasteiger partial charge in [-0.3, -0.25) is 0 Å². The normalized spacial score (nSPS) is 28.9. The molecule has 0 radical (unpaired) electrons.